The van der Waals surface area contributed by atoms with Crippen molar-refractivity contribution >= 4 is 11.9 Å². The van der Waals surface area contributed by atoms with Crippen molar-refractivity contribution in [3.05, 3.63) is 0 Å². The van der Waals surface area contributed by atoms with Crippen molar-refractivity contribution in [2.45, 2.75) is 32.9 Å². The van der Waals surface area contributed by atoms with Gasteiger partial charge in [0.2, 0.25) is 5.91 Å². The van der Waals surface area contributed by atoms with E-state index in [1.807, 2.05) is 13.8 Å². The molecular weight excluding hydrogens is 184 g/mol. The fraction of sp³-hybridized carbons (Fsp3) is 0.778. The first-order chi connectivity index (χ1) is 6.47. The Balaban J connectivity index is 3.77. The SMILES string of the molecule is COC(=O)[C@H](C)NC(=O)CNC(C)C. The number of esters is 1. The van der Waals surface area contributed by atoms with Crippen LogP contribution in [0.15, 0.2) is 0 Å². The van der Waals surface area contributed by atoms with E-state index >= 15 is 0 Å². The molecule has 0 aliphatic heterocycles. The molecule has 0 spiro atoms. The number of methoxy groups -OCH3 is 1. The van der Waals surface area contributed by atoms with Crippen molar-refractivity contribution in [3.63, 3.8) is 0 Å². The topological polar surface area (TPSA) is 67.4 Å². The Kier molecular flexibility index (Phi) is 5.87. The number of carbonyl (C=O) groups is 2. The van der Waals surface area contributed by atoms with Crippen LogP contribution >= 0.6 is 0 Å². The summed E-state index contributed by atoms with van der Waals surface area (Å²) in [6, 6.07) is -0.351. The van der Waals surface area contributed by atoms with Crippen LogP contribution in [0.2, 0.25) is 0 Å². The molecule has 0 bridgehead atoms. The van der Waals surface area contributed by atoms with Crippen LogP contribution in [0.3, 0.4) is 0 Å². The molecule has 0 aromatic carbocycles. The molecule has 5 nitrogen and oxygen atoms in total. The molecule has 0 saturated carbocycles. The summed E-state index contributed by atoms with van der Waals surface area (Å²) in [6.45, 7) is 5.67. The molecule has 1 atom stereocenters. The average molecular weight is 202 g/mol. The summed E-state index contributed by atoms with van der Waals surface area (Å²) in [5, 5.41) is 5.45. The Hall–Kier alpha value is -1.10. The molecule has 0 aliphatic rings. The Labute approximate surface area is 84.2 Å². The molecule has 82 valence electrons. The van der Waals surface area contributed by atoms with Gasteiger partial charge in [-0.25, -0.2) is 4.79 Å². The van der Waals surface area contributed by atoms with E-state index < -0.39 is 12.0 Å². The first kappa shape index (κ1) is 12.9. The molecule has 0 aliphatic carbocycles. The van der Waals surface area contributed by atoms with E-state index in [4.69, 9.17) is 0 Å². The van der Waals surface area contributed by atoms with Gasteiger partial charge >= 0.3 is 5.97 Å². The second kappa shape index (κ2) is 6.37. The van der Waals surface area contributed by atoms with Gasteiger partial charge in [-0.05, 0) is 6.92 Å². The van der Waals surface area contributed by atoms with Crippen molar-refractivity contribution in [1.82, 2.24) is 10.6 Å². The van der Waals surface area contributed by atoms with Crippen molar-refractivity contribution < 1.29 is 14.3 Å². The zero-order chi connectivity index (χ0) is 11.1. The Bertz CT molecular complexity index is 204. The lowest BCUT2D eigenvalue weighted by Gasteiger charge is -2.12. The highest BCUT2D eigenvalue weighted by molar-refractivity contribution is 5.85. The molecule has 14 heavy (non-hydrogen) atoms. The Morgan fingerprint density at radius 3 is 2.29 bits per heavy atom. The maximum atomic E-state index is 11.2. The van der Waals surface area contributed by atoms with Crippen LogP contribution in [-0.4, -0.2) is 37.6 Å². The summed E-state index contributed by atoms with van der Waals surface area (Å²) in [4.78, 5) is 22.1. The zero-order valence-electron chi connectivity index (χ0n) is 9.09. The molecule has 0 saturated heterocycles. The lowest BCUT2D eigenvalue weighted by atomic mass is 10.3. The molecule has 0 fully saturated rings. The van der Waals surface area contributed by atoms with Gasteiger partial charge < -0.3 is 15.4 Å². The van der Waals surface area contributed by atoms with E-state index in [-0.39, 0.29) is 18.5 Å². The molecule has 0 aromatic heterocycles. The van der Waals surface area contributed by atoms with Crippen LogP contribution in [0.25, 0.3) is 0 Å². The second-order valence-corrected chi connectivity index (χ2v) is 3.35. The molecule has 0 rings (SSSR count). The predicted octanol–water partition coefficient (Wildman–Crippen LogP) is -0.338. The molecular formula is C9H18N2O3. The van der Waals surface area contributed by atoms with E-state index in [0.717, 1.165) is 0 Å². The fourth-order valence-corrected chi connectivity index (χ4v) is 0.825. The van der Waals surface area contributed by atoms with Gasteiger partial charge in [0.05, 0.1) is 13.7 Å². The van der Waals surface area contributed by atoms with Gasteiger partial charge in [0, 0.05) is 6.04 Å². The molecule has 0 radical (unpaired) electrons. The molecule has 0 heterocycles. The molecule has 2 N–H and O–H groups in total. The lowest BCUT2D eigenvalue weighted by molar-refractivity contribution is -0.144. The van der Waals surface area contributed by atoms with Gasteiger partial charge in [0.25, 0.3) is 0 Å². The van der Waals surface area contributed by atoms with E-state index in [0.29, 0.717) is 0 Å². The lowest BCUT2D eigenvalue weighted by Crippen LogP contribution is -2.44. The summed E-state index contributed by atoms with van der Waals surface area (Å²) in [5.74, 6) is -0.653. The standard InChI is InChI=1S/C9H18N2O3/c1-6(2)10-5-8(12)11-7(3)9(13)14-4/h6-7,10H,5H2,1-4H3,(H,11,12)/t7-/m0/s1. The number of hydrogen-bond donors (Lipinski definition) is 2. The van der Waals surface area contributed by atoms with Gasteiger partial charge in [0.1, 0.15) is 6.04 Å². The number of nitrogens with one attached hydrogen (secondary N) is 2. The van der Waals surface area contributed by atoms with Gasteiger partial charge in [-0.2, -0.15) is 0 Å². The predicted molar refractivity (Wildman–Crippen MR) is 52.8 cm³/mol. The van der Waals surface area contributed by atoms with Crippen LogP contribution in [-0.2, 0) is 14.3 Å². The van der Waals surface area contributed by atoms with Crippen molar-refractivity contribution in [3.8, 4) is 0 Å². The van der Waals surface area contributed by atoms with Crippen LogP contribution in [0.1, 0.15) is 20.8 Å². The van der Waals surface area contributed by atoms with E-state index in [9.17, 15) is 9.59 Å². The monoisotopic (exact) mass is 202 g/mol. The number of amides is 1. The molecule has 5 heteroatoms. The Morgan fingerprint density at radius 2 is 1.86 bits per heavy atom. The van der Waals surface area contributed by atoms with Gasteiger partial charge in [0.15, 0.2) is 0 Å². The molecule has 0 unspecified atom stereocenters. The van der Waals surface area contributed by atoms with E-state index in [1.165, 1.54) is 7.11 Å². The van der Waals surface area contributed by atoms with Crippen LogP contribution in [0.4, 0.5) is 0 Å². The van der Waals surface area contributed by atoms with E-state index in [2.05, 4.69) is 15.4 Å². The summed E-state index contributed by atoms with van der Waals surface area (Å²) < 4.78 is 4.46. The first-order valence-corrected chi connectivity index (χ1v) is 4.58. The minimum atomic E-state index is -0.596. The maximum absolute atomic E-state index is 11.2. The quantitative estimate of drug-likeness (QED) is 0.599. The number of carbonyl (C=O) groups excluding carboxylic acids is 2. The second-order valence-electron chi connectivity index (χ2n) is 3.35. The maximum Gasteiger partial charge on any atom is 0.328 e. The smallest absolute Gasteiger partial charge is 0.328 e. The van der Waals surface area contributed by atoms with Gasteiger partial charge in [-0.3, -0.25) is 4.79 Å². The minimum Gasteiger partial charge on any atom is -0.467 e. The number of hydrogen-bond acceptors (Lipinski definition) is 4. The third-order valence-electron chi connectivity index (χ3n) is 1.60. The van der Waals surface area contributed by atoms with Crippen molar-refractivity contribution in [2.75, 3.05) is 13.7 Å². The fourth-order valence-electron chi connectivity index (χ4n) is 0.825. The Morgan fingerprint density at radius 1 is 1.29 bits per heavy atom. The van der Waals surface area contributed by atoms with Gasteiger partial charge in [-0.1, -0.05) is 13.8 Å². The normalized spacial score (nSPS) is 12.4. The number of ether oxygens (including phenoxy) is 1. The van der Waals surface area contributed by atoms with Crippen LogP contribution < -0.4 is 10.6 Å². The van der Waals surface area contributed by atoms with Crippen LogP contribution in [0.5, 0.6) is 0 Å². The summed E-state index contributed by atoms with van der Waals surface area (Å²) in [6.07, 6.45) is 0. The molecule has 0 aromatic rings. The average Bonchev–Trinajstić information content (AvgIpc) is 2.13. The largest absolute Gasteiger partial charge is 0.467 e. The first-order valence-electron chi connectivity index (χ1n) is 4.58. The highest BCUT2D eigenvalue weighted by atomic mass is 16.5. The summed E-state index contributed by atoms with van der Waals surface area (Å²) >= 11 is 0. The van der Waals surface area contributed by atoms with Gasteiger partial charge in [-0.15, -0.1) is 0 Å². The summed E-state index contributed by atoms with van der Waals surface area (Å²) in [7, 11) is 1.29. The minimum absolute atomic E-state index is 0.207. The van der Waals surface area contributed by atoms with Crippen LogP contribution in [0, 0.1) is 0 Å². The zero-order valence-corrected chi connectivity index (χ0v) is 9.09. The summed E-state index contributed by atoms with van der Waals surface area (Å²) in [5.41, 5.74) is 0. The highest BCUT2D eigenvalue weighted by Gasteiger charge is 2.15. The third kappa shape index (κ3) is 5.53. The number of rotatable bonds is 5. The van der Waals surface area contributed by atoms with E-state index in [1.54, 1.807) is 6.92 Å². The molecule has 1 amide bonds. The highest BCUT2D eigenvalue weighted by Crippen LogP contribution is 1.85. The third-order valence-corrected chi connectivity index (χ3v) is 1.60. The van der Waals surface area contributed by atoms with Crippen molar-refractivity contribution in [1.29, 1.82) is 0 Å². The van der Waals surface area contributed by atoms with Crippen molar-refractivity contribution in [2.24, 2.45) is 0 Å².